The summed E-state index contributed by atoms with van der Waals surface area (Å²) in [5, 5.41) is 9.00. The number of benzene rings is 1. The first-order valence-electron chi connectivity index (χ1n) is 6.78. The quantitative estimate of drug-likeness (QED) is 0.732. The summed E-state index contributed by atoms with van der Waals surface area (Å²) in [7, 11) is 0. The zero-order valence-corrected chi connectivity index (χ0v) is 12.2. The van der Waals surface area contributed by atoms with E-state index in [-0.39, 0.29) is 5.75 Å². The van der Waals surface area contributed by atoms with Crippen molar-refractivity contribution in [2.24, 2.45) is 0 Å². The van der Waals surface area contributed by atoms with Gasteiger partial charge < -0.3 is 5.11 Å². The monoisotopic (exact) mass is 292 g/mol. The van der Waals surface area contributed by atoms with Gasteiger partial charge in [-0.05, 0) is 43.3 Å². The summed E-state index contributed by atoms with van der Waals surface area (Å²) in [6.07, 6.45) is 4.18. The first-order valence-corrected chi connectivity index (χ1v) is 6.78. The van der Waals surface area contributed by atoms with E-state index >= 15 is 0 Å². The van der Waals surface area contributed by atoms with E-state index in [0.29, 0.717) is 11.8 Å². The van der Waals surface area contributed by atoms with Gasteiger partial charge in [-0.15, -0.1) is 0 Å². The van der Waals surface area contributed by atoms with Crippen molar-refractivity contribution >= 4 is 6.29 Å². The summed E-state index contributed by atoms with van der Waals surface area (Å²) < 4.78 is 0. The van der Waals surface area contributed by atoms with E-state index in [1.807, 2.05) is 43.3 Å². The number of aldehydes is 1. The fourth-order valence-corrected chi connectivity index (χ4v) is 1.80. The lowest BCUT2D eigenvalue weighted by molar-refractivity contribution is 0.112. The summed E-state index contributed by atoms with van der Waals surface area (Å²) in [5.41, 5.74) is 3.15. The number of carbonyl (C=O) groups is 1. The molecule has 0 spiro atoms. The Hall–Kier alpha value is -3.01. The fourth-order valence-electron chi connectivity index (χ4n) is 1.80. The van der Waals surface area contributed by atoms with Gasteiger partial charge in [0.15, 0.2) is 6.29 Å². The summed E-state index contributed by atoms with van der Waals surface area (Å²) in [6, 6.07) is 16.5. The molecule has 1 N–H and O–H groups in total. The van der Waals surface area contributed by atoms with E-state index in [2.05, 4.69) is 9.97 Å². The van der Waals surface area contributed by atoms with Crippen molar-refractivity contribution in [1.82, 2.24) is 9.97 Å². The van der Waals surface area contributed by atoms with Crippen molar-refractivity contribution < 1.29 is 9.90 Å². The molecule has 110 valence electrons. The van der Waals surface area contributed by atoms with E-state index < -0.39 is 0 Å². The molecule has 0 amide bonds. The minimum atomic E-state index is 0.0422. The van der Waals surface area contributed by atoms with Gasteiger partial charge in [0, 0.05) is 12.4 Å². The highest BCUT2D eigenvalue weighted by Crippen LogP contribution is 2.15. The normalized spacial score (nSPS) is 9.50. The number of nitrogens with zero attached hydrogens (tertiary/aromatic N) is 2. The van der Waals surface area contributed by atoms with Gasteiger partial charge in [-0.2, -0.15) is 0 Å². The number of aromatic nitrogens is 2. The van der Waals surface area contributed by atoms with Gasteiger partial charge in [0.05, 0.1) is 17.0 Å². The first-order chi connectivity index (χ1) is 10.7. The predicted octanol–water partition coefficient (Wildman–Crippen LogP) is 3.66. The number of aryl methyl sites for hydroxylation is 1. The van der Waals surface area contributed by atoms with Crippen LogP contribution in [0.15, 0.2) is 67.0 Å². The molecule has 0 atom stereocenters. The van der Waals surface area contributed by atoms with E-state index in [1.165, 1.54) is 6.07 Å². The maximum atomic E-state index is 10.2. The molecule has 0 bridgehead atoms. The summed E-state index contributed by atoms with van der Waals surface area (Å²) in [4.78, 5) is 18.6. The molecule has 0 saturated heterocycles. The third-order valence-electron chi connectivity index (χ3n) is 2.90. The van der Waals surface area contributed by atoms with E-state index in [9.17, 15) is 4.79 Å². The molecule has 0 aliphatic carbocycles. The maximum absolute atomic E-state index is 10.2. The molecular formula is C18H16N2O2. The second-order valence-corrected chi connectivity index (χ2v) is 4.61. The molecule has 4 nitrogen and oxygen atoms in total. The third-order valence-corrected chi connectivity index (χ3v) is 2.90. The third kappa shape index (κ3) is 4.24. The van der Waals surface area contributed by atoms with Gasteiger partial charge in [0.1, 0.15) is 5.75 Å². The Morgan fingerprint density at radius 2 is 1.50 bits per heavy atom. The maximum Gasteiger partial charge on any atom is 0.153 e. The Morgan fingerprint density at radius 1 is 0.909 bits per heavy atom. The standard InChI is InChI=1S/C10H8N2.C8H8O2/c1-3-7-11-9(5-1)10-6-2-4-8-12-10;1-6-2-3-8(10)7(4-6)5-9/h1-8H;2-5,10H,1H3. The smallest absolute Gasteiger partial charge is 0.153 e. The Balaban J connectivity index is 0.000000164. The van der Waals surface area contributed by atoms with E-state index in [4.69, 9.17) is 5.11 Å². The second kappa shape index (κ2) is 7.69. The van der Waals surface area contributed by atoms with Crippen LogP contribution in [0.5, 0.6) is 5.75 Å². The highest BCUT2D eigenvalue weighted by atomic mass is 16.3. The molecule has 0 saturated carbocycles. The minimum Gasteiger partial charge on any atom is -0.507 e. The number of rotatable bonds is 2. The zero-order valence-electron chi connectivity index (χ0n) is 12.2. The van der Waals surface area contributed by atoms with Crippen LogP contribution < -0.4 is 0 Å². The molecule has 3 aromatic rings. The average Bonchev–Trinajstić information content (AvgIpc) is 2.59. The molecule has 2 heterocycles. The molecule has 0 aliphatic heterocycles. The zero-order chi connectivity index (χ0) is 15.8. The Kier molecular flexibility index (Phi) is 5.37. The van der Waals surface area contributed by atoms with Crippen molar-refractivity contribution in [3.05, 3.63) is 78.1 Å². The number of phenols is 1. The van der Waals surface area contributed by atoms with Crippen LogP contribution in [0.3, 0.4) is 0 Å². The second-order valence-electron chi connectivity index (χ2n) is 4.61. The number of hydrogen-bond acceptors (Lipinski definition) is 4. The Morgan fingerprint density at radius 3 is 1.91 bits per heavy atom. The first kappa shape index (κ1) is 15.4. The average molecular weight is 292 g/mol. The van der Waals surface area contributed by atoms with Gasteiger partial charge in [-0.25, -0.2) is 0 Å². The molecule has 22 heavy (non-hydrogen) atoms. The van der Waals surface area contributed by atoms with Crippen molar-refractivity contribution in [2.75, 3.05) is 0 Å². The molecule has 1 aromatic carbocycles. The number of aromatic hydroxyl groups is 1. The molecule has 0 unspecified atom stereocenters. The summed E-state index contributed by atoms with van der Waals surface area (Å²) in [5.74, 6) is 0.0422. The molecule has 2 aromatic heterocycles. The van der Waals surface area contributed by atoms with Gasteiger partial charge in [0.2, 0.25) is 0 Å². The lowest BCUT2D eigenvalue weighted by Crippen LogP contribution is -1.83. The van der Waals surface area contributed by atoms with Crippen LogP contribution in [0.1, 0.15) is 15.9 Å². The van der Waals surface area contributed by atoms with Crippen LogP contribution in [0, 0.1) is 6.92 Å². The van der Waals surface area contributed by atoms with Crippen LogP contribution in [0.4, 0.5) is 0 Å². The van der Waals surface area contributed by atoms with Crippen LogP contribution in [-0.2, 0) is 0 Å². The molecule has 0 fully saturated rings. The Bertz CT molecular complexity index is 691. The highest BCUT2D eigenvalue weighted by molar-refractivity contribution is 5.79. The number of pyridine rings is 2. The number of hydrogen-bond donors (Lipinski definition) is 1. The van der Waals surface area contributed by atoms with Gasteiger partial charge >= 0.3 is 0 Å². The highest BCUT2D eigenvalue weighted by Gasteiger charge is 1.97. The van der Waals surface area contributed by atoms with E-state index in [1.54, 1.807) is 24.5 Å². The summed E-state index contributed by atoms with van der Waals surface area (Å²) in [6.45, 7) is 1.87. The molecule has 3 rings (SSSR count). The SMILES string of the molecule is Cc1ccc(O)c(C=O)c1.c1ccc(-c2ccccn2)nc1. The van der Waals surface area contributed by atoms with Gasteiger partial charge in [-0.3, -0.25) is 14.8 Å². The van der Waals surface area contributed by atoms with Crippen molar-refractivity contribution in [3.63, 3.8) is 0 Å². The number of carbonyl (C=O) groups excluding carboxylic acids is 1. The summed E-state index contributed by atoms with van der Waals surface area (Å²) >= 11 is 0. The lowest BCUT2D eigenvalue weighted by atomic mass is 10.1. The Labute approximate surface area is 129 Å². The van der Waals surface area contributed by atoms with Crippen molar-refractivity contribution in [2.45, 2.75) is 6.92 Å². The largest absolute Gasteiger partial charge is 0.507 e. The lowest BCUT2D eigenvalue weighted by Gasteiger charge is -1.96. The molecule has 0 aliphatic rings. The molecule has 4 heteroatoms. The van der Waals surface area contributed by atoms with E-state index in [0.717, 1.165) is 17.0 Å². The molecular weight excluding hydrogens is 276 g/mol. The van der Waals surface area contributed by atoms with Crippen molar-refractivity contribution in [3.8, 4) is 17.1 Å². The minimum absolute atomic E-state index is 0.0422. The molecule has 0 radical (unpaired) electrons. The van der Waals surface area contributed by atoms with Gasteiger partial charge in [-0.1, -0.05) is 23.8 Å². The van der Waals surface area contributed by atoms with Crippen molar-refractivity contribution in [1.29, 1.82) is 0 Å². The topological polar surface area (TPSA) is 63.1 Å². The fraction of sp³-hybridized carbons (Fsp3) is 0.0556. The van der Waals surface area contributed by atoms with Crippen LogP contribution >= 0.6 is 0 Å². The van der Waals surface area contributed by atoms with Crippen LogP contribution in [0.25, 0.3) is 11.4 Å². The van der Waals surface area contributed by atoms with Gasteiger partial charge in [0.25, 0.3) is 0 Å². The van der Waals surface area contributed by atoms with Crippen LogP contribution in [0.2, 0.25) is 0 Å². The number of phenolic OH excluding ortho intramolecular Hbond substituents is 1. The van der Waals surface area contributed by atoms with Crippen LogP contribution in [-0.4, -0.2) is 21.4 Å². The predicted molar refractivity (Wildman–Crippen MR) is 85.7 cm³/mol.